The van der Waals surface area contributed by atoms with Crippen LogP contribution >= 0.6 is 11.6 Å². The Kier molecular flexibility index (Phi) is 9.69. The van der Waals surface area contributed by atoms with Crippen molar-refractivity contribution in [2.45, 2.75) is 71.3 Å². The van der Waals surface area contributed by atoms with E-state index < -0.39 is 0 Å². The van der Waals surface area contributed by atoms with Crippen LogP contribution in [0.4, 0.5) is 4.39 Å². The first-order valence-electron chi connectivity index (χ1n) is 8.37. The summed E-state index contributed by atoms with van der Waals surface area (Å²) in [6.07, 6.45) is 9.63. The van der Waals surface area contributed by atoms with Crippen LogP contribution in [0, 0.1) is 5.82 Å². The maximum atomic E-state index is 14.1. The van der Waals surface area contributed by atoms with E-state index in [1.54, 1.807) is 6.07 Å². The van der Waals surface area contributed by atoms with Gasteiger partial charge in [-0.1, -0.05) is 70.0 Å². The second-order valence-electron chi connectivity index (χ2n) is 5.73. The van der Waals surface area contributed by atoms with Gasteiger partial charge in [-0.3, -0.25) is 0 Å². The standard InChI is InChI=1S/C18H29ClFN/c1-3-5-6-7-8-9-10-18(21-13-4-2)16-12-11-15(19)14-17(16)20/h11-12,14,18,21H,3-10,13H2,1-2H3. The fourth-order valence-electron chi connectivity index (χ4n) is 2.60. The molecule has 120 valence electrons. The Bertz CT molecular complexity index is 395. The lowest BCUT2D eigenvalue weighted by atomic mass is 9.99. The van der Waals surface area contributed by atoms with E-state index in [4.69, 9.17) is 11.6 Å². The monoisotopic (exact) mass is 313 g/mol. The fraction of sp³-hybridized carbons (Fsp3) is 0.667. The predicted molar refractivity (Wildman–Crippen MR) is 90.4 cm³/mol. The highest BCUT2D eigenvalue weighted by Crippen LogP contribution is 2.25. The molecule has 0 aliphatic heterocycles. The van der Waals surface area contributed by atoms with Crippen molar-refractivity contribution in [1.82, 2.24) is 5.32 Å². The molecule has 0 aliphatic rings. The number of hydrogen-bond donors (Lipinski definition) is 1. The summed E-state index contributed by atoms with van der Waals surface area (Å²) in [6, 6.07) is 5.12. The summed E-state index contributed by atoms with van der Waals surface area (Å²) < 4.78 is 14.1. The normalized spacial score (nSPS) is 12.6. The molecule has 21 heavy (non-hydrogen) atoms. The van der Waals surface area contributed by atoms with Gasteiger partial charge in [0, 0.05) is 16.6 Å². The first kappa shape index (κ1) is 18.4. The predicted octanol–water partition coefficient (Wildman–Crippen LogP) is 6.27. The Morgan fingerprint density at radius 3 is 2.43 bits per heavy atom. The van der Waals surface area contributed by atoms with E-state index in [9.17, 15) is 4.39 Å². The van der Waals surface area contributed by atoms with Crippen LogP contribution in [0.25, 0.3) is 0 Å². The van der Waals surface area contributed by atoms with Crippen molar-refractivity contribution in [3.63, 3.8) is 0 Å². The van der Waals surface area contributed by atoms with Crippen molar-refractivity contribution in [3.05, 3.63) is 34.6 Å². The van der Waals surface area contributed by atoms with Crippen LogP contribution in [-0.4, -0.2) is 6.54 Å². The molecule has 0 radical (unpaired) electrons. The lowest BCUT2D eigenvalue weighted by molar-refractivity contribution is 0.449. The van der Waals surface area contributed by atoms with Crippen LogP contribution in [-0.2, 0) is 0 Å². The summed E-state index contributed by atoms with van der Waals surface area (Å²) in [6.45, 7) is 5.28. The van der Waals surface area contributed by atoms with Crippen LogP contribution < -0.4 is 5.32 Å². The van der Waals surface area contributed by atoms with Gasteiger partial charge in [0.15, 0.2) is 0 Å². The first-order valence-corrected chi connectivity index (χ1v) is 8.75. The molecule has 0 aromatic heterocycles. The van der Waals surface area contributed by atoms with E-state index in [-0.39, 0.29) is 11.9 Å². The molecule has 1 nitrogen and oxygen atoms in total. The highest BCUT2D eigenvalue weighted by molar-refractivity contribution is 6.30. The Morgan fingerprint density at radius 1 is 1.05 bits per heavy atom. The Hall–Kier alpha value is -0.600. The molecule has 0 aliphatic carbocycles. The first-order chi connectivity index (χ1) is 10.2. The number of unbranched alkanes of at least 4 members (excludes halogenated alkanes) is 5. The van der Waals surface area contributed by atoms with Gasteiger partial charge < -0.3 is 5.32 Å². The van der Waals surface area contributed by atoms with Gasteiger partial charge in [-0.25, -0.2) is 4.39 Å². The third-order valence-corrected chi connectivity index (χ3v) is 4.06. The minimum Gasteiger partial charge on any atom is -0.310 e. The summed E-state index contributed by atoms with van der Waals surface area (Å²) in [7, 11) is 0. The second kappa shape index (κ2) is 11.0. The van der Waals surface area contributed by atoms with Gasteiger partial charge in [-0.2, -0.15) is 0 Å². The zero-order chi connectivity index (χ0) is 15.5. The van der Waals surface area contributed by atoms with E-state index >= 15 is 0 Å². The molecule has 0 heterocycles. The second-order valence-corrected chi connectivity index (χ2v) is 6.17. The summed E-state index contributed by atoms with van der Waals surface area (Å²) in [5, 5.41) is 3.93. The van der Waals surface area contributed by atoms with Gasteiger partial charge in [0.05, 0.1) is 0 Å². The van der Waals surface area contributed by atoms with Crippen LogP contribution in [0.5, 0.6) is 0 Å². The van der Waals surface area contributed by atoms with Crippen LogP contribution in [0.1, 0.15) is 76.8 Å². The highest BCUT2D eigenvalue weighted by Gasteiger charge is 2.15. The molecule has 1 unspecified atom stereocenters. The minimum absolute atomic E-state index is 0.105. The van der Waals surface area contributed by atoms with Crippen molar-refractivity contribution in [3.8, 4) is 0 Å². The summed E-state index contributed by atoms with van der Waals surface area (Å²) in [5.41, 5.74) is 0.751. The number of halogens is 2. The summed E-state index contributed by atoms with van der Waals surface area (Å²) in [5.74, 6) is -0.193. The zero-order valence-electron chi connectivity index (χ0n) is 13.4. The van der Waals surface area contributed by atoms with E-state index in [1.165, 1.54) is 38.2 Å². The molecule has 1 N–H and O–H groups in total. The Labute approximate surface area is 134 Å². The fourth-order valence-corrected chi connectivity index (χ4v) is 2.76. The Morgan fingerprint density at radius 2 is 1.76 bits per heavy atom. The van der Waals surface area contributed by atoms with Crippen molar-refractivity contribution >= 4 is 11.6 Å². The van der Waals surface area contributed by atoms with E-state index in [0.29, 0.717) is 5.02 Å². The van der Waals surface area contributed by atoms with Crippen LogP contribution in [0.15, 0.2) is 18.2 Å². The topological polar surface area (TPSA) is 12.0 Å². The van der Waals surface area contributed by atoms with E-state index in [2.05, 4.69) is 19.2 Å². The maximum Gasteiger partial charge on any atom is 0.129 e. The average molecular weight is 314 g/mol. The van der Waals surface area contributed by atoms with Crippen molar-refractivity contribution < 1.29 is 4.39 Å². The van der Waals surface area contributed by atoms with E-state index in [0.717, 1.165) is 31.4 Å². The zero-order valence-corrected chi connectivity index (χ0v) is 14.2. The van der Waals surface area contributed by atoms with Gasteiger partial charge >= 0.3 is 0 Å². The summed E-state index contributed by atoms with van der Waals surface area (Å²) >= 11 is 5.84. The van der Waals surface area contributed by atoms with Crippen molar-refractivity contribution in [2.75, 3.05) is 6.54 Å². The molecular weight excluding hydrogens is 285 g/mol. The molecule has 0 saturated heterocycles. The lowest BCUT2D eigenvalue weighted by Gasteiger charge is -2.20. The lowest BCUT2D eigenvalue weighted by Crippen LogP contribution is -2.23. The largest absolute Gasteiger partial charge is 0.310 e. The molecule has 0 bridgehead atoms. The van der Waals surface area contributed by atoms with Gasteiger partial charge in [0.25, 0.3) is 0 Å². The third-order valence-electron chi connectivity index (χ3n) is 3.83. The molecule has 1 atom stereocenters. The van der Waals surface area contributed by atoms with Gasteiger partial charge in [0.2, 0.25) is 0 Å². The SMILES string of the molecule is CCCCCCCCC(NCCC)c1ccc(Cl)cc1F. The maximum absolute atomic E-state index is 14.1. The van der Waals surface area contributed by atoms with Crippen molar-refractivity contribution in [1.29, 1.82) is 0 Å². The highest BCUT2D eigenvalue weighted by atomic mass is 35.5. The molecule has 0 saturated carbocycles. The molecule has 0 fully saturated rings. The molecule has 1 aromatic rings. The average Bonchev–Trinajstić information content (AvgIpc) is 2.46. The molecule has 3 heteroatoms. The number of hydrogen-bond acceptors (Lipinski definition) is 1. The molecule has 0 amide bonds. The molecule has 1 rings (SSSR count). The van der Waals surface area contributed by atoms with Crippen molar-refractivity contribution in [2.24, 2.45) is 0 Å². The number of benzene rings is 1. The van der Waals surface area contributed by atoms with Gasteiger partial charge in [-0.15, -0.1) is 0 Å². The van der Waals surface area contributed by atoms with Gasteiger partial charge in [-0.05, 0) is 31.5 Å². The van der Waals surface area contributed by atoms with Gasteiger partial charge in [0.1, 0.15) is 5.82 Å². The molecule has 1 aromatic carbocycles. The Balaban J connectivity index is 2.50. The minimum atomic E-state index is -0.193. The molecular formula is C18H29ClFN. The van der Waals surface area contributed by atoms with E-state index in [1.807, 2.05) is 6.07 Å². The number of nitrogens with one attached hydrogen (secondary N) is 1. The molecule has 0 spiro atoms. The van der Waals surface area contributed by atoms with Crippen LogP contribution in [0.2, 0.25) is 5.02 Å². The summed E-state index contributed by atoms with van der Waals surface area (Å²) in [4.78, 5) is 0. The third kappa shape index (κ3) is 7.28. The number of rotatable bonds is 11. The smallest absolute Gasteiger partial charge is 0.129 e. The van der Waals surface area contributed by atoms with Crippen LogP contribution in [0.3, 0.4) is 0 Å². The quantitative estimate of drug-likeness (QED) is 0.475.